The van der Waals surface area contributed by atoms with Crippen LogP contribution in [0.2, 0.25) is 0 Å². The van der Waals surface area contributed by atoms with E-state index in [0.29, 0.717) is 19.3 Å². The Morgan fingerprint density at radius 2 is 0.831 bits per heavy atom. The average molecular weight is 1080 g/mol. The van der Waals surface area contributed by atoms with Gasteiger partial charge in [0.05, 0.1) is 6.61 Å². The molecule has 1 aliphatic heterocycles. The third-order valence-corrected chi connectivity index (χ3v) is 13.4. The maximum atomic E-state index is 13.1. The molecule has 0 radical (unpaired) electrons. The molecule has 12 nitrogen and oxygen atoms in total. The van der Waals surface area contributed by atoms with Crippen LogP contribution in [0.15, 0.2) is 85.1 Å². The van der Waals surface area contributed by atoms with Crippen molar-refractivity contribution in [2.75, 3.05) is 13.2 Å². The van der Waals surface area contributed by atoms with Gasteiger partial charge >= 0.3 is 23.9 Å². The van der Waals surface area contributed by atoms with E-state index in [2.05, 4.69) is 106 Å². The second-order valence-corrected chi connectivity index (χ2v) is 20.6. The molecule has 1 fully saturated rings. The largest absolute Gasteiger partial charge is 0.479 e. The quantitative estimate of drug-likeness (QED) is 0.0228. The maximum absolute atomic E-state index is 13.1. The van der Waals surface area contributed by atoms with E-state index in [1.54, 1.807) is 0 Å². The molecule has 12 heteroatoms. The van der Waals surface area contributed by atoms with Crippen LogP contribution in [0.1, 0.15) is 252 Å². The molecule has 440 valence electrons. The van der Waals surface area contributed by atoms with Crippen molar-refractivity contribution in [3.05, 3.63) is 85.1 Å². The second-order valence-electron chi connectivity index (χ2n) is 20.6. The first-order chi connectivity index (χ1) is 37.6. The molecule has 1 aliphatic rings. The number of hydrogen-bond acceptors (Lipinski definition) is 11. The number of unbranched alkanes of at least 4 members (excludes halogenated alkanes) is 23. The highest BCUT2D eigenvalue weighted by Crippen LogP contribution is 2.26. The van der Waals surface area contributed by atoms with E-state index in [9.17, 15) is 34.5 Å². The highest BCUT2D eigenvalue weighted by Gasteiger charge is 2.50. The summed E-state index contributed by atoms with van der Waals surface area (Å²) < 4.78 is 28.4. The molecule has 0 aromatic carbocycles. The molecular formula is C65H108O12. The first kappa shape index (κ1) is 70.9. The zero-order valence-corrected chi connectivity index (χ0v) is 48.4. The van der Waals surface area contributed by atoms with Gasteiger partial charge in [-0.3, -0.25) is 14.4 Å². The van der Waals surface area contributed by atoms with Gasteiger partial charge in [0.15, 0.2) is 24.6 Å². The monoisotopic (exact) mass is 1080 g/mol. The molecule has 6 atom stereocenters. The molecule has 6 unspecified atom stereocenters. The highest BCUT2D eigenvalue weighted by molar-refractivity contribution is 5.74. The topological polar surface area (TPSA) is 175 Å². The van der Waals surface area contributed by atoms with Crippen molar-refractivity contribution in [3.63, 3.8) is 0 Å². The number of allylic oxidation sites excluding steroid dienone is 14. The Hall–Kier alpha value is -4.10. The Labute approximate surface area is 467 Å². The van der Waals surface area contributed by atoms with Crippen molar-refractivity contribution in [1.82, 2.24) is 0 Å². The summed E-state index contributed by atoms with van der Waals surface area (Å²) in [6.07, 6.45) is 55.5. The smallest absolute Gasteiger partial charge is 0.335 e. The fourth-order valence-corrected chi connectivity index (χ4v) is 8.72. The number of carbonyl (C=O) groups excluding carboxylic acids is 3. The zero-order valence-electron chi connectivity index (χ0n) is 48.4. The van der Waals surface area contributed by atoms with E-state index < -0.39 is 67.3 Å². The predicted molar refractivity (Wildman–Crippen MR) is 312 cm³/mol. The summed E-state index contributed by atoms with van der Waals surface area (Å²) in [5.74, 6) is -3.16. The first-order valence-electron chi connectivity index (χ1n) is 30.6. The van der Waals surface area contributed by atoms with Gasteiger partial charge in [-0.05, 0) is 109 Å². The van der Waals surface area contributed by atoms with Gasteiger partial charge < -0.3 is 39.0 Å². The third kappa shape index (κ3) is 42.5. The molecule has 77 heavy (non-hydrogen) atoms. The van der Waals surface area contributed by atoms with E-state index in [1.807, 2.05) is 0 Å². The van der Waals surface area contributed by atoms with Gasteiger partial charge in [-0.25, -0.2) is 4.79 Å². The van der Waals surface area contributed by atoms with Gasteiger partial charge in [-0.15, -0.1) is 0 Å². The van der Waals surface area contributed by atoms with Crippen LogP contribution in [0.3, 0.4) is 0 Å². The predicted octanol–water partition coefficient (Wildman–Crippen LogP) is 15.9. The summed E-state index contributed by atoms with van der Waals surface area (Å²) in [4.78, 5) is 51.1. The molecule has 1 heterocycles. The summed E-state index contributed by atoms with van der Waals surface area (Å²) in [7, 11) is 0. The number of carbonyl (C=O) groups is 4. The molecular weight excluding hydrogens is 973 g/mol. The normalized spacial score (nSPS) is 18.6. The van der Waals surface area contributed by atoms with Gasteiger partial charge in [0.2, 0.25) is 0 Å². The van der Waals surface area contributed by atoms with Crippen molar-refractivity contribution >= 4 is 23.9 Å². The lowest BCUT2D eigenvalue weighted by Gasteiger charge is -2.40. The van der Waals surface area contributed by atoms with Crippen molar-refractivity contribution in [1.29, 1.82) is 0 Å². The minimum atomic E-state index is -1.91. The molecule has 0 saturated carbocycles. The summed E-state index contributed by atoms with van der Waals surface area (Å²) in [6, 6.07) is 0. The number of aliphatic hydroxyl groups is 2. The Morgan fingerprint density at radius 3 is 1.30 bits per heavy atom. The van der Waals surface area contributed by atoms with Crippen LogP contribution in [-0.2, 0) is 42.9 Å². The minimum Gasteiger partial charge on any atom is -0.479 e. The summed E-state index contributed by atoms with van der Waals surface area (Å²) in [6.45, 7) is 5.80. The Morgan fingerprint density at radius 1 is 0.442 bits per heavy atom. The molecule has 0 aliphatic carbocycles. The van der Waals surface area contributed by atoms with Crippen LogP contribution in [-0.4, -0.2) is 89.2 Å². The third-order valence-electron chi connectivity index (χ3n) is 13.4. The van der Waals surface area contributed by atoms with E-state index in [-0.39, 0.29) is 25.9 Å². The standard InChI is InChI=1S/C65H108O12/c1-4-7-10-13-16-19-22-24-26-28-29-31-33-35-38-41-44-47-50-53-59(68)76-63-61(70)60(69)62(64(71)72)77-65(63)74-55-56(75-58(67)52-49-46-43-40-36-21-18-15-12-9-6-3)54-73-57(66)51-48-45-42-39-37-34-32-30-27-25-23-20-17-14-11-8-5-2/h7,10,15-20,24-27,29,31,56,60-63,65,69-70H,4-6,8-9,11-14,21-23,28,30,32-55H2,1-3H3,(H,71,72)/b10-7-,18-15-,19-16-,20-17-,26-24-,27-25-,31-29-. The van der Waals surface area contributed by atoms with E-state index in [0.717, 1.165) is 141 Å². The van der Waals surface area contributed by atoms with Gasteiger partial charge in [0.1, 0.15) is 18.8 Å². The van der Waals surface area contributed by atoms with Gasteiger partial charge in [-0.1, -0.05) is 209 Å². The summed E-state index contributed by atoms with van der Waals surface area (Å²) in [5, 5.41) is 31.5. The summed E-state index contributed by atoms with van der Waals surface area (Å²) >= 11 is 0. The van der Waals surface area contributed by atoms with Crippen LogP contribution in [0.25, 0.3) is 0 Å². The lowest BCUT2D eigenvalue weighted by molar-refractivity contribution is -0.301. The number of carboxylic acid groups (broad SMARTS) is 1. The Bertz CT molecular complexity index is 1660. The second kappa shape index (κ2) is 52.6. The van der Waals surface area contributed by atoms with Crippen molar-refractivity contribution < 1.29 is 58.2 Å². The van der Waals surface area contributed by atoms with Gasteiger partial charge in [0, 0.05) is 19.3 Å². The molecule has 0 aromatic heterocycles. The molecule has 1 rings (SSSR count). The van der Waals surface area contributed by atoms with E-state index in [4.69, 9.17) is 23.7 Å². The van der Waals surface area contributed by atoms with Crippen LogP contribution in [0.4, 0.5) is 0 Å². The molecule has 0 spiro atoms. The number of rotatable bonds is 51. The fourth-order valence-electron chi connectivity index (χ4n) is 8.72. The lowest BCUT2D eigenvalue weighted by Crippen LogP contribution is -2.61. The lowest BCUT2D eigenvalue weighted by atomic mass is 9.98. The molecule has 0 bridgehead atoms. The van der Waals surface area contributed by atoms with Gasteiger partial charge in [-0.2, -0.15) is 0 Å². The molecule has 3 N–H and O–H groups in total. The number of esters is 3. The Kier molecular flexibility index (Phi) is 48.4. The van der Waals surface area contributed by atoms with Crippen molar-refractivity contribution in [2.24, 2.45) is 0 Å². The van der Waals surface area contributed by atoms with Crippen LogP contribution in [0, 0.1) is 0 Å². The average Bonchev–Trinajstić information content (AvgIpc) is 3.42. The van der Waals surface area contributed by atoms with Crippen molar-refractivity contribution in [3.8, 4) is 0 Å². The minimum absolute atomic E-state index is 0.0399. The van der Waals surface area contributed by atoms with E-state index in [1.165, 1.54) is 51.4 Å². The van der Waals surface area contributed by atoms with E-state index >= 15 is 0 Å². The molecule has 1 saturated heterocycles. The molecule has 0 amide bonds. The Balaban J connectivity index is 2.66. The number of aliphatic hydroxyl groups excluding tert-OH is 2. The zero-order chi connectivity index (χ0) is 56.1. The number of aliphatic carboxylic acids is 1. The number of carboxylic acids is 1. The van der Waals surface area contributed by atoms with Crippen LogP contribution >= 0.6 is 0 Å². The SMILES string of the molecule is CC/C=C\C/C=C\C/C=C\C/C=C\CCCCCCCCC(=O)OC1C(OCC(COC(=O)CCCCCCCCC/C=C\C/C=C\CCCCC)OC(=O)CCCCCCC/C=C\CCCC)OC(C(=O)O)C(O)C1O. The fraction of sp³-hybridized carbons (Fsp3) is 0.723. The first-order valence-corrected chi connectivity index (χ1v) is 30.6. The van der Waals surface area contributed by atoms with Crippen molar-refractivity contribution in [2.45, 2.75) is 289 Å². The number of ether oxygens (including phenoxy) is 5. The molecule has 0 aromatic rings. The highest BCUT2D eigenvalue weighted by atomic mass is 16.7. The van der Waals surface area contributed by atoms with Gasteiger partial charge in [0.25, 0.3) is 0 Å². The van der Waals surface area contributed by atoms with Crippen LogP contribution < -0.4 is 0 Å². The maximum Gasteiger partial charge on any atom is 0.335 e. The van der Waals surface area contributed by atoms with Crippen LogP contribution in [0.5, 0.6) is 0 Å². The summed E-state index contributed by atoms with van der Waals surface area (Å²) in [5.41, 5.74) is 0. The number of hydrogen-bond donors (Lipinski definition) is 3.